The molecule has 1 aromatic heterocycles. The number of nitriles is 1. The summed E-state index contributed by atoms with van der Waals surface area (Å²) >= 11 is 0. The van der Waals surface area contributed by atoms with E-state index in [2.05, 4.69) is 0 Å². The molecule has 0 atom stereocenters. The van der Waals surface area contributed by atoms with Crippen molar-refractivity contribution in [2.45, 2.75) is 13.3 Å². The van der Waals surface area contributed by atoms with Gasteiger partial charge < -0.3 is 9.30 Å². The number of benzene rings is 1. The number of carbonyl (C=O) groups is 1. The van der Waals surface area contributed by atoms with Gasteiger partial charge >= 0.3 is 0 Å². The van der Waals surface area contributed by atoms with Crippen molar-refractivity contribution in [3.8, 4) is 11.8 Å². The van der Waals surface area contributed by atoms with Crippen molar-refractivity contribution in [3.63, 3.8) is 0 Å². The van der Waals surface area contributed by atoms with E-state index in [9.17, 15) is 4.79 Å². The molecule has 0 fully saturated rings. The fourth-order valence-electron chi connectivity index (χ4n) is 2.23. The number of ketones is 1. The van der Waals surface area contributed by atoms with E-state index in [0.29, 0.717) is 5.56 Å². The third-order valence-electron chi connectivity index (χ3n) is 3.05. The quantitative estimate of drug-likeness (QED) is 0.777. The van der Waals surface area contributed by atoms with Gasteiger partial charge in [0.1, 0.15) is 5.75 Å². The van der Waals surface area contributed by atoms with Crippen LogP contribution in [0.4, 0.5) is 0 Å². The summed E-state index contributed by atoms with van der Waals surface area (Å²) in [4.78, 5) is 11.9. The smallest absolute Gasteiger partial charge is 0.179 e. The van der Waals surface area contributed by atoms with E-state index < -0.39 is 0 Å². The number of Topliss-reactive ketones (excluding diaryl/α,β-unsaturated/α-hetero) is 1. The van der Waals surface area contributed by atoms with Crippen LogP contribution in [-0.4, -0.2) is 17.5 Å². The van der Waals surface area contributed by atoms with Crippen molar-refractivity contribution < 1.29 is 9.53 Å². The fourth-order valence-corrected chi connectivity index (χ4v) is 2.23. The Kier molecular flexibility index (Phi) is 3.07. The number of carbonyl (C=O) groups excluding carboxylic acids is 1. The predicted octanol–water partition coefficient (Wildman–Crippen LogP) is 2.59. The molecule has 4 heteroatoms. The van der Waals surface area contributed by atoms with Crippen molar-refractivity contribution in [2.24, 2.45) is 7.05 Å². The summed E-state index contributed by atoms with van der Waals surface area (Å²) in [6, 6.07) is 5.70. The van der Waals surface area contributed by atoms with Crippen LogP contribution in [0.2, 0.25) is 0 Å². The summed E-state index contributed by atoms with van der Waals surface area (Å²) in [5.74, 6) is 0.577. The molecule has 0 aliphatic carbocycles. The SMILES string of the molecule is COc1ccc(C)c2c(C(=O)CC#N)cn(C)c12. The lowest BCUT2D eigenvalue weighted by Crippen LogP contribution is -1.96. The van der Waals surface area contributed by atoms with Crippen LogP contribution in [-0.2, 0) is 7.05 Å². The number of nitrogens with zero attached hydrogens (tertiary/aromatic N) is 2. The molecule has 1 heterocycles. The van der Waals surface area contributed by atoms with Gasteiger partial charge in [-0.3, -0.25) is 4.79 Å². The number of methoxy groups -OCH3 is 1. The highest BCUT2D eigenvalue weighted by Gasteiger charge is 2.18. The minimum Gasteiger partial charge on any atom is -0.495 e. The van der Waals surface area contributed by atoms with Gasteiger partial charge in [-0.25, -0.2) is 0 Å². The summed E-state index contributed by atoms with van der Waals surface area (Å²) in [6.07, 6.45) is 1.66. The van der Waals surface area contributed by atoms with E-state index in [0.717, 1.165) is 22.2 Å². The van der Waals surface area contributed by atoms with Crippen LogP contribution >= 0.6 is 0 Å². The Labute approximate surface area is 105 Å². The average Bonchev–Trinajstić information content (AvgIpc) is 2.70. The second kappa shape index (κ2) is 4.53. The van der Waals surface area contributed by atoms with Crippen LogP contribution < -0.4 is 4.74 Å². The maximum Gasteiger partial charge on any atom is 0.179 e. The minimum absolute atomic E-state index is 0.101. The Morgan fingerprint density at radius 1 is 1.50 bits per heavy atom. The fraction of sp³-hybridized carbons (Fsp3) is 0.286. The Morgan fingerprint density at radius 2 is 2.22 bits per heavy atom. The van der Waals surface area contributed by atoms with Gasteiger partial charge in [-0.05, 0) is 18.6 Å². The van der Waals surface area contributed by atoms with Crippen LogP contribution in [0.5, 0.6) is 5.75 Å². The lowest BCUT2D eigenvalue weighted by atomic mass is 10.0. The molecule has 0 N–H and O–H groups in total. The standard InChI is InChI=1S/C14H14N2O2/c1-9-4-5-12(18-3)14-13(9)10(8-16(14)2)11(17)6-7-15/h4-5,8H,6H2,1-3H3. The highest BCUT2D eigenvalue weighted by molar-refractivity contribution is 6.11. The largest absolute Gasteiger partial charge is 0.495 e. The van der Waals surface area contributed by atoms with Crippen LogP contribution in [0.25, 0.3) is 10.9 Å². The second-order valence-electron chi connectivity index (χ2n) is 4.22. The molecule has 18 heavy (non-hydrogen) atoms. The molecule has 4 nitrogen and oxygen atoms in total. The van der Waals surface area contributed by atoms with Gasteiger partial charge in [0.15, 0.2) is 5.78 Å². The normalized spacial score (nSPS) is 10.3. The van der Waals surface area contributed by atoms with Crippen LogP contribution in [0.3, 0.4) is 0 Å². The predicted molar refractivity (Wildman–Crippen MR) is 68.8 cm³/mol. The van der Waals surface area contributed by atoms with E-state index in [1.54, 1.807) is 13.3 Å². The van der Waals surface area contributed by atoms with Gasteiger partial charge in [-0.1, -0.05) is 6.07 Å². The van der Waals surface area contributed by atoms with E-state index in [-0.39, 0.29) is 12.2 Å². The van der Waals surface area contributed by atoms with Gasteiger partial charge in [0.05, 0.1) is 25.1 Å². The molecule has 92 valence electrons. The van der Waals surface area contributed by atoms with Crippen molar-refractivity contribution in [1.82, 2.24) is 4.57 Å². The lowest BCUT2D eigenvalue weighted by molar-refractivity contribution is 0.0999. The summed E-state index contributed by atoms with van der Waals surface area (Å²) < 4.78 is 7.19. The number of rotatable bonds is 3. The van der Waals surface area contributed by atoms with Crippen molar-refractivity contribution in [2.75, 3.05) is 7.11 Å². The molecule has 0 saturated heterocycles. The molecular formula is C14H14N2O2. The monoisotopic (exact) mass is 242 g/mol. The third kappa shape index (κ3) is 1.74. The summed E-state index contributed by atoms with van der Waals surface area (Å²) in [7, 11) is 3.47. The zero-order valence-electron chi connectivity index (χ0n) is 10.7. The van der Waals surface area contributed by atoms with Gasteiger partial charge in [0, 0.05) is 24.2 Å². The number of aryl methyl sites for hydroxylation is 2. The van der Waals surface area contributed by atoms with Gasteiger partial charge in [-0.2, -0.15) is 5.26 Å². The molecule has 0 amide bonds. The highest BCUT2D eigenvalue weighted by Crippen LogP contribution is 2.32. The maximum atomic E-state index is 11.9. The first-order valence-electron chi connectivity index (χ1n) is 5.63. The number of ether oxygens (including phenoxy) is 1. The van der Waals surface area contributed by atoms with E-state index in [1.807, 2.05) is 36.7 Å². The van der Waals surface area contributed by atoms with Crippen molar-refractivity contribution in [3.05, 3.63) is 29.5 Å². The van der Waals surface area contributed by atoms with Gasteiger partial charge in [-0.15, -0.1) is 0 Å². The van der Waals surface area contributed by atoms with Crippen molar-refractivity contribution >= 4 is 16.7 Å². The number of hydrogen-bond donors (Lipinski definition) is 0. The van der Waals surface area contributed by atoms with E-state index in [1.165, 1.54) is 0 Å². The zero-order chi connectivity index (χ0) is 13.3. The first-order chi connectivity index (χ1) is 8.60. The summed E-state index contributed by atoms with van der Waals surface area (Å²) in [6.45, 7) is 1.95. The topological polar surface area (TPSA) is 55.0 Å². The molecule has 2 aromatic rings. The summed E-state index contributed by atoms with van der Waals surface area (Å²) in [5, 5.41) is 9.52. The summed E-state index contributed by atoms with van der Waals surface area (Å²) in [5.41, 5.74) is 2.48. The molecule has 0 aliphatic rings. The number of fused-ring (bicyclic) bond motifs is 1. The van der Waals surface area contributed by atoms with E-state index >= 15 is 0 Å². The molecular weight excluding hydrogens is 228 g/mol. The Morgan fingerprint density at radius 3 is 2.83 bits per heavy atom. The zero-order valence-corrected chi connectivity index (χ0v) is 10.7. The molecule has 2 rings (SSSR count). The highest BCUT2D eigenvalue weighted by atomic mass is 16.5. The van der Waals surface area contributed by atoms with Gasteiger partial charge in [0.2, 0.25) is 0 Å². The molecule has 0 aliphatic heterocycles. The maximum absolute atomic E-state index is 11.9. The molecule has 0 unspecified atom stereocenters. The molecule has 0 spiro atoms. The molecule has 0 bridgehead atoms. The van der Waals surface area contributed by atoms with Crippen molar-refractivity contribution in [1.29, 1.82) is 5.26 Å². The number of hydrogen-bond acceptors (Lipinski definition) is 3. The third-order valence-corrected chi connectivity index (χ3v) is 3.05. The lowest BCUT2D eigenvalue weighted by Gasteiger charge is -2.06. The Balaban J connectivity index is 2.78. The molecule has 0 radical (unpaired) electrons. The van der Waals surface area contributed by atoms with Crippen LogP contribution in [0.15, 0.2) is 18.3 Å². The first-order valence-corrected chi connectivity index (χ1v) is 5.63. The van der Waals surface area contributed by atoms with E-state index in [4.69, 9.17) is 10.00 Å². The molecule has 1 aromatic carbocycles. The van der Waals surface area contributed by atoms with Crippen LogP contribution in [0, 0.1) is 18.3 Å². The Hall–Kier alpha value is -2.28. The van der Waals surface area contributed by atoms with Gasteiger partial charge in [0.25, 0.3) is 0 Å². The number of aromatic nitrogens is 1. The second-order valence-corrected chi connectivity index (χ2v) is 4.22. The minimum atomic E-state index is -0.153. The first kappa shape index (κ1) is 12.2. The average molecular weight is 242 g/mol. The Bertz CT molecular complexity index is 662. The molecule has 0 saturated carbocycles. The van der Waals surface area contributed by atoms with Crippen LogP contribution in [0.1, 0.15) is 22.3 Å².